The Balaban J connectivity index is 2.47. The molecule has 8 heteroatoms. The van der Waals surface area contributed by atoms with Gasteiger partial charge in [0.05, 0.1) is 16.0 Å². The average Bonchev–Trinajstić information content (AvgIpc) is 2.40. The molecule has 0 saturated carbocycles. The summed E-state index contributed by atoms with van der Waals surface area (Å²) >= 11 is 5.90. The highest BCUT2D eigenvalue weighted by atomic mass is 35.5. The summed E-state index contributed by atoms with van der Waals surface area (Å²) < 4.78 is 5.34. The molecule has 21 heavy (non-hydrogen) atoms. The van der Waals surface area contributed by atoms with Gasteiger partial charge >= 0.3 is 5.97 Å². The van der Waals surface area contributed by atoms with Gasteiger partial charge in [0.2, 0.25) is 5.88 Å². The first-order chi connectivity index (χ1) is 9.88. The van der Waals surface area contributed by atoms with Crippen molar-refractivity contribution in [3.05, 3.63) is 56.7 Å². The number of carbonyl (C=O) groups is 1. The van der Waals surface area contributed by atoms with Gasteiger partial charge in [0, 0.05) is 11.8 Å². The molecule has 1 heterocycles. The standard InChI is InChI=1S/C13H9ClN2O5/c1-7-2-4-9(13(17)18)12(15-7)21-11-6-8(16(19)20)3-5-10(11)14/h2-6H,1H3,(H,17,18). The Morgan fingerprint density at radius 1 is 1.38 bits per heavy atom. The molecule has 0 amide bonds. The number of aromatic nitrogens is 1. The number of halogens is 1. The fraction of sp³-hybridized carbons (Fsp3) is 0.0769. The number of pyridine rings is 1. The van der Waals surface area contributed by atoms with Gasteiger partial charge in [0.1, 0.15) is 5.56 Å². The van der Waals surface area contributed by atoms with Gasteiger partial charge < -0.3 is 9.84 Å². The molecule has 1 aromatic carbocycles. The van der Waals surface area contributed by atoms with E-state index in [9.17, 15) is 14.9 Å². The highest BCUT2D eigenvalue weighted by Crippen LogP contribution is 2.33. The lowest BCUT2D eigenvalue weighted by Gasteiger charge is -2.09. The Morgan fingerprint density at radius 2 is 2.10 bits per heavy atom. The van der Waals surface area contributed by atoms with Gasteiger partial charge in [-0.2, -0.15) is 0 Å². The number of hydrogen-bond donors (Lipinski definition) is 1. The van der Waals surface area contributed by atoms with E-state index in [1.54, 1.807) is 6.92 Å². The van der Waals surface area contributed by atoms with Crippen molar-refractivity contribution in [2.24, 2.45) is 0 Å². The molecule has 0 saturated heterocycles. The van der Waals surface area contributed by atoms with Crippen molar-refractivity contribution in [2.75, 3.05) is 0 Å². The second-order valence-electron chi connectivity index (χ2n) is 4.08. The summed E-state index contributed by atoms with van der Waals surface area (Å²) in [4.78, 5) is 25.2. The second kappa shape index (κ2) is 5.76. The first-order valence-electron chi connectivity index (χ1n) is 5.71. The van der Waals surface area contributed by atoms with E-state index in [1.165, 1.54) is 24.3 Å². The maximum Gasteiger partial charge on any atom is 0.341 e. The minimum absolute atomic E-state index is 0.0357. The molecular formula is C13H9ClN2O5. The zero-order chi connectivity index (χ0) is 15.6. The second-order valence-corrected chi connectivity index (χ2v) is 4.49. The molecule has 7 nitrogen and oxygen atoms in total. The molecule has 2 aromatic rings. The fourth-order valence-electron chi connectivity index (χ4n) is 1.56. The maximum absolute atomic E-state index is 11.1. The smallest absolute Gasteiger partial charge is 0.341 e. The van der Waals surface area contributed by atoms with Crippen LogP contribution in [0.4, 0.5) is 5.69 Å². The lowest BCUT2D eigenvalue weighted by atomic mass is 10.2. The van der Waals surface area contributed by atoms with E-state index in [0.29, 0.717) is 5.69 Å². The predicted molar refractivity (Wildman–Crippen MR) is 74.1 cm³/mol. The van der Waals surface area contributed by atoms with Crippen LogP contribution in [0.1, 0.15) is 16.1 Å². The molecule has 1 aromatic heterocycles. The van der Waals surface area contributed by atoms with Gasteiger partial charge in [-0.1, -0.05) is 11.6 Å². The molecule has 2 rings (SSSR count). The number of aryl methyl sites for hydroxylation is 1. The minimum atomic E-state index is -1.22. The van der Waals surface area contributed by atoms with Crippen molar-refractivity contribution < 1.29 is 19.6 Å². The summed E-state index contributed by atoms with van der Waals surface area (Å²) in [7, 11) is 0. The van der Waals surface area contributed by atoms with E-state index >= 15 is 0 Å². The van der Waals surface area contributed by atoms with Crippen molar-refractivity contribution in [2.45, 2.75) is 6.92 Å². The summed E-state index contributed by atoms with van der Waals surface area (Å²) in [6, 6.07) is 6.48. The highest BCUT2D eigenvalue weighted by molar-refractivity contribution is 6.32. The van der Waals surface area contributed by atoms with Crippen molar-refractivity contribution in [3.63, 3.8) is 0 Å². The normalized spacial score (nSPS) is 10.2. The molecule has 0 aliphatic rings. The van der Waals surface area contributed by atoms with Crippen molar-refractivity contribution in [1.29, 1.82) is 0 Å². The number of hydrogen-bond acceptors (Lipinski definition) is 5. The van der Waals surface area contributed by atoms with Crippen LogP contribution in [-0.4, -0.2) is 21.0 Å². The first kappa shape index (κ1) is 14.7. The lowest BCUT2D eigenvalue weighted by molar-refractivity contribution is -0.384. The summed E-state index contributed by atoms with van der Waals surface area (Å²) in [5, 5.41) is 19.9. The number of benzene rings is 1. The third-order valence-electron chi connectivity index (χ3n) is 2.56. The van der Waals surface area contributed by atoms with E-state index in [0.717, 1.165) is 6.07 Å². The minimum Gasteiger partial charge on any atom is -0.477 e. The van der Waals surface area contributed by atoms with Gasteiger partial charge in [0.25, 0.3) is 5.69 Å². The van der Waals surface area contributed by atoms with E-state index in [1.807, 2.05) is 0 Å². The SMILES string of the molecule is Cc1ccc(C(=O)O)c(Oc2cc([N+](=O)[O-])ccc2Cl)n1. The third-order valence-corrected chi connectivity index (χ3v) is 2.87. The van der Waals surface area contributed by atoms with Crippen molar-refractivity contribution in [3.8, 4) is 11.6 Å². The molecular weight excluding hydrogens is 300 g/mol. The first-order valence-corrected chi connectivity index (χ1v) is 6.09. The highest BCUT2D eigenvalue weighted by Gasteiger charge is 2.17. The van der Waals surface area contributed by atoms with Crippen LogP contribution < -0.4 is 4.74 Å². The summed E-state index contributed by atoms with van der Waals surface area (Å²) in [6.07, 6.45) is 0. The number of nitrogens with zero attached hydrogens (tertiary/aromatic N) is 2. The quantitative estimate of drug-likeness (QED) is 0.685. The number of nitro benzene ring substituents is 1. The van der Waals surface area contributed by atoms with Crippen molar-refractivity contribution >= 4 is 23.3 Å². The molecule has 0 fully saturated rings. The molecule has 108 valence electrons. The largest absolute Gasteiger partial charge is 0.477 e. The molecule has 0 bridgehead atoms. The number of carboxylic acid groups (broad SMARTS) is 1. The van der Waals surface area contributed by atoms with Crippen LogP contribution >= 0.6 is 11.6 Å². The van der Waals surface area contributed by atoms with Crippen LogP contribution in [-0.2, 0) is 0 Å². The van der Waals surface area contributed by atoms with E-state index in [-0.39, 0.29) is 27.9 Å². The fourth-order valence-corrected chi connectivity index (χ4v) is 1.72. The number of non-ortho nitro benzene ring substituents is 1. The lowest BCUT2D eigenvalue weighted by Crippen LogP contribution is -2.03. The number of carboxylic acids is 1. The monoisotopic (exact) mass is 308 g/mol. The maximum atomic E-state index is 11.1. The van der Waals surface area contributed by atoms with Gasteiger partial charge in [-0.15, -0.1) is 0 Å². The molecule has 0 radical (unpaired) electrons. The van der Waals surface area contributed by atoms with E-state index in [4.69, 9.17) is 21.4 Å². The summed E-state index contributed by atoms with van der Waals surface area (Å²) in [5.74, 6) is -1.43. The molecule has 1 N–H and O–H groups in total. The van der Waals surface area contributed by atoms with Gasteiger partial charge in [0.15, 0.2) is 5.75 Å². The molecule has 0 aliphatic heterocycles. The van der Waals surface area contributed by atoms with Crippen LogP contribution in [0.15, 0.2) is 30.3 Å². The third kappa shape index (κ3) is 3.26. The van der Waals surface area contributed by atoms with Gasteiger partial charge in [-0.3, -0.25) is 10.1 Å². The Labute approximate surface area is 123 Å². The summed E-state index contributed by atoms with van der Waals surface area (Å²) in [5.41, 5.74) is 0.152. The zero-order valence-electron chi connectivity index (χ0n) is 10.7. The Hall–Kier alpha value is -2.67. The number of ether oxygens (including phenoxy) is 1. The number of aromatic carboxylic acids is 1. The van der Waals surface area contributed by atoms with Gasteiger partial charge in [-0.25, -0.2) is 9.78 Å². The Kier molecular flexibility index (Phi) is 4.04. The van der Waals surface area contributed by atoms with Crippen LogP contribution in [0, 0.1) is 17.0 Å². The van der Waals surface area contributed by atoms with E-state index < -0.39 is 10.9 Å². The number of rotatable bonds is 4. The predicted octanol–water partition coefficient (Wildman–Crippen LogP) is 3.44. The average molecular weight is 309 g/mol. The molecule has 0 spiro atoms. The molecule has 0 aliphatic carbocycles. The topological polar surface area (TPSA) is 103 Å². The molecule has 0 atom stereocenters. The zero-order valence-corrected chi connectivity index (χ0v) is 11.5. The van der Waals surface area contributed by atoms with Crippen molar-refractivity contribution in [1.82, 2.24) is 4.98 Å². The van der Waals surface area contributed by atoms with Crippen LogP contribution in [0.5, 0.6) is 11.6 Å². The van der Waals surface area contributed by atoms with Crippen LogP contribution in [0.3, 0.4) is 0 Å². The Bertz CT molecular complexity index is 732. The summed E-state index contributed by atoms with van der Waals surface area (Å²) in [6.45, 7) is 1.66. The number of nitro groups is 1. The van der Waals surface area contributed by atoms with Gasteiger partial charge in [-0.05, 0) is 25.1 Å². The van der Waals surface area contributed by atoms with Crippen LogP contribution in [0.25, 0.3) is 0 Å². The molecule has 0 unspecified atom stereocenters. The van der Waals surface area contributed by atoms with E-state index in [2.05, 4.69) is 4.98 Å². The Morgan fingerprint density at radius 3 is 2.71 bits per heavy atom. The van der Waals surface area contributed by atoms with Crippen LogP contribution in [0.2, 0.25) is 5.02 Å².